The molecular formula is C19H15Cl2N5O3. The summed E-state index contributed by atoms with van der Waals surface area (Å²) in [6.07, 6.45) is 1.35. The molecule has 1 atom stereocenters. The van der Waals surface area contributed by atoms with Gasteiger partial charge in [-0.3, -0.25) is 0 Å². The number of hydrogen-bond donors (Lipinski definition) is 3. The highest BCUT2D eigenvalue weighted by Crippen LogP contribution is 2.29. The third kappa shape index (κ3) is 3.82. The van der Waals surface area contributed by atoms with Gasteiger partial charge in [-0.25, -0.2) is 19.7 Å². The minimum atomic E-state index is -1.12. The molecule has 0 bridgehead atoms. The number of carbonyl (C=O) groups is 1. The van der Waals surface area contributed by atoms with Gasteiger partial charge in [0.1, 0.15) is 24.0 Å². The molecule has 0 spiro atoms. The predicted molar refractivity (Wildman–Crippen MR) is 111 cm³/mol. The summed E-state index contributed by atoms with van der Waals surface area (Å²) in [7, 11) is 1.59. The van der Waals surface area contributed by atoms with Crippen LogP contribution in [0.1, 0.15) is 22.2 Å². The Kier molecular flexibility index (Phi) is 5.23. The highest BCUT2D eigenvalue weighted by Gasteiger charge is 2.19. The van der Waals surface area contributed by atoms with Gasteiger partial charge in [0.2, 0.25) is 0 Å². The van der Waals surface area contributed by atoms with E-state index in [9.17, 15) is 9.90 Å². The highest BCUT2D eigenvalue weighted by molar-refractivity contribution is 6.34. The number of imidazole rings is 1. The predicted octanol–water partition coefficient (Wildman–Crippen LogP) is 4.31. The summed E-state index contributed by atoms with van der Waals surface area (Å²) in [4.78, 5) is 27.6. The van der Waals surface area contributed by atoms with Gasteiger partial charge in [0, 0.05) is 17.5 Å². The Morgan fingerprint density at radius 3 is 2.83 bits per heavy atom. The normalized spacial score (nSPS) is 12.4. The van der Waals surface area contributed by atoms with Crippen LogP contribution in [0.15, 0.2) is 36.7 Å². The van der Waals surface area contributed by atoms with Crippen molar-refractivity contribution in [2.45, 2.75) is 6.04 Å². The summed E-state index contributed by atoms with van der Waals surface area (Å²) in [6.45, 7) is 0.306. The van der Waals surface area contributed by atoms with E-state index >= 15 is 0 Å². The van der Waals surface area contributed by atoms with E-state index in [1.54, 1.807) is 19.2 Å². The zero-order chi connectivity index (χ0) is 20.5. The molecule has 0 aliphatic rings. The number of ether oxygens (including phenoxy) is 1. The summed E-state index contributed by atoms with van der Waals surface area (Å²) in [5, 5.41) is 13.8. The average molecular weight is 432 g/mol. The Bertz CT molecular complexity index is 1230. The van der Waals surface area contributed by atoms with E-state index in [-0.39, 0.29) is 16.6 Å². The molecule has 8 nitrogen and oxygen atoms in total. The quantitative estimate of drug-likeness (QED) is 0.416. The molecule has 3 N–H and O–H groups in total. The second kappa shape index (κ2) is 7.82. The molecule has 0 aliphatic carbocycles. The second-order valence-corrected chi connectivity index (χ2v) is 7.16. The van der Waals surface area contributed by atoms with Gasteiger partial charge >= 0.3 is 5.97 Å². The van der Waals surface area contributed by atoms with Crippen molar-refractivity contribution in [2.75, 3.05) is 19.0 Å². The van der Waals surface area contributed by atoms with Gasteiger partial charge in [-0.2, -0.15) is 0 Å². The number of nitrogens with one attached hydrogen (secondary N) is 2. The first-order chi connectivity index (χ1) is 14.0. The molecular weight excluding hydrogens is 417 g/mol. The van der Waals surface area contributed by atoms with E-state index in [0.29, 0.717) is 34.2 Å². The number of aromatic carboxylic acids is 1. The number of methoxy groups -OCH3 is 1. The van der Waals surface area contributed by atoms with Gasteiger partial charge in [-0.15, -0.1) is 0 Å². The third-order valence-corrected chi connectivity index (χ3v) is 4.94. The van der Waals surface area contributed by atoms with Gasteiger partial charge in [-0.05, 0) is 30.3 Å². The number of rotatable bonds is 6. The van der Waals surface area contributed by atoms with E-state index in [2.05, 4.69) is 25.3 Å². The first-order valence-corrected chi connectivity index (χ1v) is 9.30. The Balaban J connectivity index is 1.75. The number of halogens is 2. The van der Waals surface area contributed by atoms with Crippen molar-refractivity contribution in [1.29, 1.82) is 0 Å². The van der Waals surface area contributed by atoms with Crippen LogP contribution in [0.2, 0.25) is 10.0 Å². The fourth-order valence-electron chi connectivity index (χ4n) is 3.04. The number of aromatic nitrogens is 4. The molecule has 29 heavy (non-hydrogen) atoms. The van der Waals surface area contributed by atoms with Crippen molar-refractivity contribution in [3.63, 3.8) is 0 Å². The minimum absolute atomic E-state index is 0.0218. The zero-order valence-electron chi connectivity index (χ0n) is 15.1. The van der Waals surface area contributed by atoms with E-state index in [0.717, 1.165) is 11.0 Å². The van der Waals surface area contributed by atoms with Crippen molar-refractivity contribution in [3.05, 3.63) is 58.1 Å². The van der Waals surface area contributed by atoms with Crippen LogP contribution in [-0.2, 0) is 4.74 Å². The largest absolute Gasteiger partial charge is 0.478 e. The molecule has 2 aromatic heterocycles. The molecule has 0 saturated heterocycles. The number of fused-ring (bicyclic) bond motifs is 2. The number of nitrogens with zero attached hydrogens (tertiary/aromatic N) is 3. The number of carboxylic acids is 1. The molecule has 10 heteroatoms. The van der Waals surface area contributed by atoms with E-state index < -0.39 is 5.97 Å². The first kappa shape index (κ1) is 19.4. The van der Waals surface area contributed by atoms with Crippen molar-refractivity contribution in [1.82, 2.24) is 19.9 Å². The molecule has 0 fully saturated rings. The Morgan fingerprint density at radius 1 is 1.24 bits per heavy atom. The molecule has 4 aromatic rings. The number of aromatic amines is 1. The van der Waals surface area contributed by atoms with Gasteiger partial charge in [-0.1, -0.05) is 23.2 Å². The van der Waals surface area contributed by atoms with Crippen LogP contribution < -0.4 is 5.32 Å². The molecule has 0 amide bonds. The fraction of sp³-hybridized carbons (Fsp3) is 0.158. The third-order valence-electron chi connectivity index (χ3n) is 4.39. The summed E-state index contributed by atoms with van der Waals surface area (Å²) in [5.41, 5.74) is 2.01. The lowest BCUT2D eigenvalue weighted by Crippen LogP contribution is -2.18. The van der Waals surface area contributed by atoms with E-state index in [4.69, 9.17) is 27.9 Å². The summed E-state index contributed by atoms with van der Waals surface area (Å²) in [5.74, 6) is 0.00160. The van der Waals surface area contributed by atoms with Crippen LogP contribution in [0.3, 0.4) is 0 Å². The lowest BCUT2D eigenvalue weighted by atomic mass is 10.1. The van der Waals surface area contributed by atoms with Crippen molar-refractivity contribution in [2.24, 2.45) is 0 Å². The molecule has 4 rings (SSSR count). The van der Waals surface area contributed by atoms with Crippen LogP contribution in [0.5, 0.6) is 0 Å². The summed E-state index contributed by atoms with van der Waals surface area (Å²) in [6, 6.07) is 7.99. The SMILES string of the molecule is COC[C@@H](Nc1ncnc2cc(C(=O)O)c(Cl)cc12)c1nc2ccc(Cl)cc2[nH]1. The Hall–Kier alpha value is -2.94. The minimum Gasteiger partial charge on any atom is -0.478 e. The zero-order valence-corrected chi connectivity index (χ0v) is 16.6. The summed E-state index contributed by atoms with van der Waals surface area (Å²) < 4.78 is 5.34. The molecule has 2 heterocycles. The van der Waals surface area contributed by atoms with Crippen LogP contribution in [0.25, 0.3) is 21.9 Å². The first-order valence-electron chi connectivity index (χ1n) is 8.54. The molecule has 0 radical (unpaired) electrons. The molecule has 2 aromatic carbocycles. The van der Waals surface area contributed by atoms with E-state index in [1.165, 1.54) is 18.5 Å². The lowest BCUT2D eigenvalue weighted by molar-refractivity contribution is 0.0697. The van der Waals surface area contributed by atoms with Gasteiger partial charge in [0.25, 0.3) is 0 Å². The Morgan fingerprint density at radius 2 is 2.07 bits per heavy atom. The lowest BCUT2D eigenvalue weighted by Gasteiger charge is -2.17. The van der Waals surface area contributed by atoms with Crippen LogP contribution in [-0.4, -0.2) is 44.7 Å². The Labute approximate surface area is 174 Å². The van der Waals surface area contributed by atoms with Crippen LogP contribution in [0, 0.1) is 0 Å². The van der Waals surface area contributed by atoms with Crippen molar-refractivity contribution >= 4 is 56.9 Å². The van der Waals surface area contributed by atoms with Gasteiger partial charge in [0.15, 0.2) is 0 Å². The average Bonchev–Trinajstić information content (AvgIpc) is 3.10. The maximum Gasteiger partial charge on any atom is 0.337 e. The maximum absolute atomic E-state index is 11.3. The van der Waals surface area contributed by atoms with Crippen LogP contribution in [0.4, 0.5) is 5.82 Å². The number of anilines is 1. The number of hydrogen-bond acceptors (Lipinski definition) is 6. The van der Waals surface area contributed by atoms with Crippen molar-refractivity contribution in [3.8, 4) is 0 Å². The van der Waals surface area contributed by atoms with Crippen LogP contribution >= 0.6 is 23.2 Å². The van der Waals surface area contributed by atoms with Crippen molar-refractivity contribution < 1.29 is 14.6 Å². The maximum atomic E-state index is 11.3. The second-order valence-electron chi connectivity index (χ2n) is 6.31. The monoisotopic (exact) mass is 431 g/mol. The fourth-order valence-corrected chi connectivity index (χ4v) is 3.46. The molecule has 0 unspecified atom stereocenters. The van der Waals surface area contributed by atoms with E-state index in [1.807, 2.05) is 6.07 Å². The number of H-pyrrole nitrogens is 1. The van der Waals surface area contributed by atoms with Gasteiger partial charge in [0.05, 0.1) is 33.7 Å². The topological polar surface area (TPSA) is 113 Å². The number of carboxylic acid groups (broad SMARTS) is 1. The molecule has 0 aliphatic heterocycles. The summed E-state index contributed by atoms with van der Waals surface area (Å²) >= 11 is 12.2. The molecule has 0 saturated carbocycles. The highest BCUT2D eigenvalue weighted by atomic mass is 35.5. The van der Waals surface area contributed by atoms with Gasteiger partial charge < -0.3 is 20.1 Å². The molecule has 148 valence electrons. The smallest absolute Gasteiger partial charge is 0.337 e. The number of benzene rings is 2. The standard InChI is InChI=1S/C19H15Cl2N5O3/c1-29-7-16(18-24-13-3-2-9(20)4-15(13)25-18)26-17-11-5-12(21)10(19(27)28)6-14(11)22-8-23-17/h2-6,8,16H,7H2,1H3,(H,24,25)(H,27,28)(H,22,23,26)/t16-/m1/s1.